The summed E-state index contributed by atoms with van der Waals surface area (Å²) in [4.78, 5) is 23.4. The Bertz CT molecular complexity index is 505. The fraction of sp³-hybridized carbons (Fsp3) is 0.647. The highest BCUT2D eigenvalue weighted by Gasteiger charge is 2.25. The molecule has 25 heavy (non-hydrogen) atoms. The molecule has 0 bridgehead atoms. The lowest BCUT2D eigenvalue weighted by Crippen LogP contribution is -2.52. The summed E-state index contributed by atoms with van der Waals surface area (Å²) in [5.41, 5.74) is 0. The second-order valence-corrected chi connectivity index (χ2v) is 6.44. The number of halogens is 2. The predicted molar refractivity (Wildman–Crippen MR) is 106 cm³/mol. The van der Waals surface area contributed by atoms with Gasteiger partial charge in [0.05, 0.1) is 6.54 Å². The molecule has 0 aromatic carbocycles. The van der Waals surface area contributed by atoms with E-state index < -0.39 is 0 Å². The predicted octanol–water partition coefficient (Wildman–Crippen LogP) is 1.26. The van der Waals surface area contributed by atoms with Gasteiger partial charge < -0.3 is 15.1 Å². The average Bonchev–Trinajstić information content (AvgIpc) is 2.63. The average molecular weight is 390 g/mol. The van der Waals surface area contributed by atoms with Crippen molar-refractivity contribution in [3.8, 4) is 0 Å². The van der Waals surface area contributed by atoms with Crippen LogP contribution < -0.4 is 10.2 Å². The molecule has 0 atom stereocenters. The van der Waals surface area contributed by atoms with E-state index in [0.717, 1.165) is 57.9 Å². The van der Waals surface area contributed by atoms with Gasteiger partial charge in [0, 0.05) is 45.5 Å². The molecule has 0 spiro atoms. The molecule has 0 unspecified atom stereocenters. The fourth-order valence-electron chi connectivity index (χ4n) is 3.38. The summed E-state index contributed by atoms with van der Waals surface area (Å²) in [5, 5.41) is 3.35. The Labute approximate surface area is 162 Å². The molecular weight excluding hydrogens is 361 g/mol. The summed E-state index contributed by atoms with van der Waals surface area (Å²) in [7, 11) is 1.96. The third-order valence-corrected chi connectivity index (χ3v) is 4.95. The van der Waals surface area contributed by atoms with Crippen molar-refractivity contribution in [1.29, 1.82) is 0 Å². The molecule has 1 aromatic heterocycles. The molecule has 2 aliphatic rings. The monoisotopic (exact) mass is 389 g/mol. The van der Waals surface area contributed by atoms with Gasteiger partial charge in [0.2, 0.25) is 5.91 Å². The van der Waals surface area contributed by atoms with Crippen LogP contribution in [0.4, 0.5) is 5.82 Å². The van der Waals surface area contributed by atoms with E-state index >= 15 is 0 Å². The van der Waals surface area contributed by atoms with Crippen molar-refractivity contribution in [3.05, 3.63) is 24.4 Å². The summed E-state index contributed by atoms with van der Waals surface area (Å²) in [6.45, 7) is 6.28. The Hall–Kier alpha value is -1.08. The number of piperidine rings is 1. The lowest BCUT2D eigenvalue weighted by molar-refractivity contribution is -0.133. The van der Waals surface area contributed by atoms with Gasteiger partial charge in [0.15, 0.2) is 0 Å². The van der Waals surface area contributed by atoms with E-state index in [0.29, 0.717) is 12.6 Å². The molecule has 6 nitrogen and oxygen atoms in total. The van der Waals surface area contributed by atoms with Crippen LogP contribution >= 0.6 is 24.8 Å². The van der Waals surface area contributed by atoms with Gasteiger partial charge in [-0.1, -0.05) is 6.07 Å². The molecule has 2 saturated heterocycles. The minimum atomic E-state index is 0. The van der Waals surface area contributed by atoms with E-state index in [2.05, 4.69) is 20.1 Å². The van der Waals surface area contributed by atoms with Gasteiger partial charge in [0.25, 0.3) is 0 Å². The first-order valence-corrected chi connectivity index (χ1v) is 8.59. The third kappa shape index (κ3) is 5.99. The van der Waals surface area contributed by atoms with Gasteiger partial charge in [-0.25, -0.2) is 4.98 Å². The number of pyridine rings is 1. The van der Waals surface area contributed by atoms with Crippen LogP contribution in [0.5, 0.6) is 0 Å². The number of carbonyl (C=O) groups is 1. The summed E-state index contributed by atoms with van der Waals surface area (Å²) in [6.07, 6.45) is 3.96. The molecule has 3 heterocycles. The smallest absolute Gasteiger partial charge is 0.236 e. The van der Waals surface area contributed by atoms with Crippen LogP contribution in [0.1, 0.15) is 12.8 Å². The number of nitrogens with zero attached hydrogens (tertiary/aromatic N) is 4. The number of carbonyl (C=O) groups excluding carboxylic acids is 1. The zero-order chi connectivity index (χ0) is 16.1. The van der Waals surface area contributed by atoms with Crippen LogP contribution in [-0.2, 0) is 4.79 Å². The van der Waals surface area contributed by atoms with Gasteiger partial charge >= 0.3 is 0 Å². The number of anilines is 1. The van der Waals surface area contributed by atoms with Gasteiger partial charge in [-0.3, -0.25) is 9.69 Å². The number of rotatable bonds is 4. The molecule has 0 aliphatic carbocycles. The Kier molecular flexibility index (Phi) is 9.50. The quantitative estimate of drug-likeness (QED) is 0.839. The van der Waals surface area contributed by atoms with Gasteiger partial charge in [-0.2, -0.15) is 0 Å². The van der Waals surface area contributed by atoms with Gasteiger partial charge in [0.1, 0.15) is 5.82 Å². The number of hydrogen-bond acceptors (Lipinski definition) is 5. The van der Waals surface area contributed by atoms with Crippen LogP contribution in [0, 0.1) is 0 Å². The van der Waals surface area contributed by atoms with Crippen molar-refractivity contribution < 1.29 is 4.79 Å². The number of aromatic nitrogens is 1. The van der Waals surface area contributed by atoms with Crippen LogP contribution in [0.3, 0.4) is 0 Å². The Morgan fingerprint density at radius 2 is 1.88 bits per heavy atom. The molecule has 3 rings (SSSR count). The van der Waals surface area contributed by atoms with E-state index in [1.807, 2.05) is 36.3 Å². The fourth-order valence-corrected chi connectivity index (χ4v) is 3.38. The minimum absolute atomic E-state index is 0. The third-order valence-electron chi connectivity index (χ3n) is 4.95. The van der Waals surface area contributed by atoms with Crippen molar-refractivity contribution in [2.24, 2.45) is 0 Å². The van der Waals surface area contributed by atoms with E-state index in [4.69, 9.17) is 0 Å². The van der Waals surface area contributed by atoms with Crippen LogP contribution in [0.25, 0.3) is 0 Å². The number of amides is 1. The molecule has 2 aliphatic heterocycles. The first-order valence-electron chi connectivity index (χ1n) is 8.59. The molecule has 1 N–H and O–H groups in total. The first-order chi connectivity index (χ1) is 11.2. The molecule has 142 valence electrons. The number of likely N-dealkylation sites (N-methyl/N-ethyl adjacent to an activating group) is 1. The topological polar surface area (TPSA) is 51.7 Å². The molecule has 1 amide bonds. The van der Waals surface area contributed by atoms with E-state index in [-0.39, 0.29) is 30.7 Å². The first kappa shape index (κ1) is 22.0. The molecule has 0 radical (unpaired) electrons. The second kappa shape index (κ2) is 10.8. The molecule has 1 aromatic rings. The minimum Gasteiger partial charge on any atom is -0.354 e. The highest BCUT2D eigenvalue weighted by molar-refractivity contribution is 5.85. The zero-order valence-corrected chi connectivity index (χ0v) is 16.4. The summed E-state index contributed by atoms with van der Waals surface area (Å²) in [6, 6.07) is 6.41. The maximum atomic E-state index is 12.5. The Balaban J connectivity index is 0.00000156. The van der Waals surface area contributed by atoms with E-state index in [1.54, 1.807) is 0 Å². The van der Waals surface area contributed by atoms with Crippen molar-refractivity contribution in [2.75, 3.05) is 57.8 Å². The van der Waals surface area contributed by atoms with Crippen molar-refractivity contribution in [2.45, 2.75) is 18.9 Å². The zero-order valence-electron chi connectivity index (χ0n) is 14.8. The maximum absolute atomic E-state index is 12.5. The standard InChI is InChI=1S/C17H27N5O.2ClH/c1-20(15-5-8-18-9-6-15)17(23)14-21-10-12-22(13-11-21)16-4-2-3-7-19-16;;/h2-4,7,15,18H,5-6,8-14H2,1H3;2*1H. The summed E-state index contributed by atoms with van der Waals surface area (Å²) >= 11 is 0. The maximum Gasteiger partial charge on any atom is 0.236 e. The highest BCUT2D eigenvalue weighted by Crippen LogP contribution is 2.14. The van der Waals surface area contributed by atoms with E-state index in [9.17, 15) is 4.79 Å². The molecular formula is C17H29Cl2N5O. The normalized spacial score (nSPS) is 18.8. The largest absolute Gasteiger partial charge is 0.354 e. The lowest BCUT2D eigenvalue weighted by Gasteiger charge is -2.37. The summed E-state index contributed by atoms with van der Waals surface area (Å²) in [5.74, 6) is 1.29. The Morgan fingerprint density at radius 1 is 1.20 bits per heavy atom. The van der Waals surface area contributed by atoms with Crippen LogP contribution in [0.15, 0.2) is 24.4 Å². The number of piperazine rings is 1. The summed E-state index contributed by atoms with van der Waals surface area (Å²) < 4.78 is 0. The lowest BCUT2D eigenvalue weighted by atomic mass is 10.1. The number of nitrogens with one attached hydrogen (secondary N) is 1. The second-order valence-electron chi connectivity index (χ2n) is 6.44. The van der Waals surface area contributed by atoms with Crippen LogP contribution in [0.2, 0.25) is 0 Å². The molecule has 8 heteroatoms. The highest BCUT2D eigenvalue weighted by atomic mass is 35.5. The van der Waals surface area contributed by atoms with Crippen molar-refractivity contribution in [1.82, 2.24) is 20.1 Å². The van der Waals surface area contributed by atoms with Crippen LogP contribution in [-0.4, -0.2) is 79.6 Å². The van der Waals surface area contributed by atoms with Crippen molar-refractivity contribution in [3.63, 3.8) is 0 Å². The number of hydrogen-bond donors (Lipinski definition) is 1. The van der Waals surface area contributed by atoms with E-state index in [1.165, 1.54) is 0 Å². The molecule has 0 saturated carbocycles. The van der Waals surface area contributed by atoms with Gasteiger partial charge in [-0.15, -0.1) is 24.8 Å². The SMILES string of the molecule is CN(C(=O)CN1CCN(c2ccccn2)CC1)C1CCNCC1.Cl.Cl. The van der Waals surface area contributed by atoms with Gasteiger partial charge in [-0.05, 0) is 38.1 Å². The Morgan fingerprint density at radius 3 is 2.48 bits per heavy atom. The van der Waals surface area contributed by atoms with Crippen molar-refractivity contribution >= 4 is 36.5 Å². The molecule has 2 fully saturated rings.